The van der Waals surface area contributed by atoms with Crippen LogP contribution in [-0.4, -0.2) is 62.7 Å². The van der Waals surface area contributed by atoms with Crippen molar-refractivity contribution in [2.75, 3.05) is 26.2 Å². The number of rotatable bonds is 3. The largest absolute Gasteiger partial charge is 0.342 e. The Bertz CT molecular complexity index is 533. The molecule has 0 aliphatic carbocycles. The highest BCUT2D eigenvalue weighted by Crippen LogP contribution is 2.28. The lowest BCUT2D eigenvalue weighted by molar-refractivity contribution is -0.138. The van der Waals surface area contributed by atoms with Gasteiger partial charge in [0.1, 0.15) is 12.2 Å². The van der Waals surface area contributed by atoms with E-state index in [4.69, 9.17) is 0 Å². The van der Waals surface area contributed by atoms with Crippen LogP contribution in [0.15, 0.2) is 6.33 Å². The van der Waals surface area contributed by atoms with Crippen LogP contribution in [0.1, 0.15) is 51.3 Å². The van der Waals surface area contributed by atoms with Gasteiger partial charge in [-0.3, -0.25) is 4.79 Å². The summed E-state index contributed by atoms with van der Waals surface area (Å²) >= 11 is 0. The first-order valence-electron chi connectivity index (χ1n) is 8.93. The molecule has 2 fully saturated rings. The van der Waals surface area contributed by atoms with E-state index in [9.17, 15) is 4.79 Å². The second-order valence-corrected chi connectivity index (χ2v) is 7.33. The van der Waals surface area contributed by atoms with E-state index in [2.05, 4.69) is 33.8 Å². The SMILES string of the molecule is CC(C)N1CCC[C@H](C(=O)N2CCC(c3nncn3C)CC2)C1. The number of amides is 1. The van der Waals surface area contributed by atoms with Gasteiger partial charge in [0.25, 0.3) is 0 Å². The molecule has 0 radical (unpaired) electrons. The van der Waals surface area contributed by atoms with Crippen LogP contribution in [0.5, 0.6) is 0 Å². The van der Waals surface area contributed by atoms with Gasteiger partial charge in [0.15, 0.2) is 0 Å². The van der Waals surface area contributed by atoms with Crippen LogP contribution in [0, 0.1) is 5.92 Å². The molecule has 23 heavy (non-hydrogen) atoms. The van der Waals surface area contributed by atoms with Crippen LogP contribution < -0.4 is 0 Å². The van der Waals surface area contributed by atoms with Crippen LogP contribution in [0.3, 0.4) is 0 Å². The van der Waals surface area contributed by atoms with Crippen molar-refractivity contribution in [3.63, 3.8) is 0 Å². The number of likely N-dealkylation sites (tertiary alicyclic amines) is 2. The summed E-state index contributed by atoms with van der Waals surface area (Å²) in [6.45, 7) is 8.22. The van der Waals surface area contributed by atoms with Crippen molar-refractivity contribution in [3.8, 4) is 0 Å². The minimum Gasteiger partial charge on any atom is -0.342 e. The number of nitrogens with zero attached hydrogens (tertiary/aromatic N) is 5. The Morgan fingerprint density at radius 3 is 2.57 bits per heavy atom. The zero-order valence-electron chi connectivity index (χ0n) is 14.6. The minimum absolute atomic E-state index is 0.192. The van der Waals surface area contributed by atoms with Crippen molar-refractivity contribution < 1.29 is 4.79 Å². The summed E-state index contributed by atoms with van der Waals surface area (Å²) in [5, 5.41) is 8.21. The van der Waals surface area contributed by atoms with E-state index in [0.29, 0.717) is 17.9 Å². The van der Waals surface area contributed by atoms with Crippen LogP contribution >= 0.6 is 0 Å². The van der Waals surface area contributed by atoms with E-state index < -0.39 is 0 Å². The molecule has 6 nitrogen and oxygen atoms in total. The molecule has 3 heterocycles. The number of carbonyl (C=O) groups is 1. The van der Waals surface area contributed by atoms with Gasteiger partial charge in [0.2, 0.25) is 5.91 Å². The van der Waals surface area contributed by atoms with Crippen molar-refractivity contribution >= 4 is 5.91 Å². The molecular formula is C17H29N5O. The Morgan fingerprint density at radius 2 is 1.96 bits per heavy atom. The first-order valence-corrected chi connectivity index (χ1v) is 8.93. The number of hydrogen-bond donors (Lipinski definition) is 0. The third kappa shape index (κ3) is 3.57. The van der Waals surface area contributed by atoms with Gasteiger partial charge in [-0.1, -0.05) is 0 Å². The van der Waals surface area contributed by atoms with Gasteiger partial charge in [-0.15, -0.1) is 10.2 Å². The first-order chi connectivity index (χ1) is 11.1. The number of piperidine rings is 2. The van der Waals surface area contributed by atoms with E-state index in [-0.39, 0.29) is 5.92 Å². The van der Waals surface area contributed by atoms with Gasteiger partial charge in [0, 0.05) is 38.6 Å². The van der Waals surface area contributed by atoms with Gasteiger partial charge < -0.3 is 14.4 Å². The maximum Gasteiger partial charge on any atom is 0.226 e. The predicted octanol–water partition coefficient (Wildman–Crippen LogP) is 1.64. The number of hydrogen-bond acceptors (Lipinski definition) is 4. The molecule has 2 saturated heterocycles. The highest BCUT2D eigenvalue weighted by atomic mass is 16.2. The molecule has 1 aromatic rings. The number of carbonyl (C=O) groups excluding carboxylic acids is 1. The summed E-state index contributed by atoms with van der Waals surface area (Å²) in [4.78, 5) is 17.4. The third-order valence-corrected chi connectivity index (χ3v) is 5.45. The summed E-state index contributed by atoms with van der Waals surface area (Å²) in [5.74, 6) is 2.05. The minimum atomic E-state index is 0.192. The van der Waals surface area contributed by atoms with Crippen molar-refractivity contribution in [1.29, 1.82) is 0 Å². The van der Waals surface area contributed by atoms with Crippen molar-refractivity contribution in [2.45, 2.75) is 51.5 Å². The average Bonchev–Trinajstić information content (AvgIpc) is 3.00. The van der Waals surface area contributed by atoms with Gasteiger partial charge in [-0.2, -0.15) is 0 Å². The number of aryl methyl sites for hydroxylation is 1. The smallest absolute Gasteiger partial charge is 0.226 e. The summed E-state index contributed by atoms with van der Waals surface area (Å²) in [5.41, 5.74) is 0. The molecule has 1 amide bonds. The van der Waals surface area contributed by atoms with E-state index in [1.54, 1.807) is 6.33 Å². The Labute approximate surface area is 138 Å². The molecule has 0 spiro atoms. The molecule has 1 atom stereocenters. The molecule has 6 heteroatoms. The fourth-order valence-corrected chi connectivity index (χ4v) is 3.96. The van der Waals surface area contributed by atoms with Gasteiger partial charge in [-0.05, 0) is 46.1 Å². The molecule has 128 valence electrons. The molecule has 1 aromatic heterocycles. The third-order valence-electron chi connectivity index (χ3n) is 5.45. The lowest BCUT2D eigenvalue weighted by atomic mass is 9.92. The predicted molar refractivity (Wildman–Crippen MR) is 89.0 cm³/mol. The molecule has 3 rings (SSSR count). The molecule has 0 N–H and O–H groups in total. The van der Waals surface area contributed by atoms with Crippen LogP contribution in [-0.2, 0) is 11.8 Å². The summed E-state index contributed by atoms with van der Waals surface area (Å²) in [7, 11) is 2.00. The zero-order chi connectivity index (χ0) is 16.4. The van der Waals surface area contributed by atoms with Crippen molar-refractivity contribution in [3.05, 3.63) is 12.2 Å². The summed E-state index contributed by atoms with van der Waals surface area (Å²) in [6, 6.07) is 0.534. The second-order valence-electron chi connectivity index (χ2n) is 7.33. The Balaban J connectivity index is 1.55. The lowest BCUT2D eigenvalue weighted by Gasteiger charge is -2.39. The van der Waals surface area contributed by atoms with E-state index in [0.717, 1.165) is 57.7 Å². The maximum atomic E-state index is 12.8. The fraction of sp³-hybridized carbons (Fsp3) is 0.824. The van der Waals surface area contributed by atoms with E-state index >= 15 is 0 Å². The van der Waals surface area contributed by atoms with Gasteiger partial charge in [0.05, 0.1) is 5.92 Å². The first kappa shape index (κ1) is 16.4. The molecule has 0 aromatic carbocycles. The molecule has 2 aliphatic heterocycles. The van der Waals surface area contributed by atoms with E-state index in [1.807, 2.05) is 11.6 Å². The second kappa shape index (κ2) is 6.99. The van der Waals surface area contributed by atoms with Crippen LogP contribution in [0.2, 0.25) is 0 Å². The quantitative estimate of drug-likeness (QED) is 0.850. The summed E-state index contributed by atoms with van der Waals surface area (Å²) < 4.78 is 2.00. The van der Waals surface area contributed by atoms with Crippen LogP contribution in [0.4, 0.5) is 0 Å². The van der Waals surface area contributed by atoms with E-state index in [1.165, 1.54) is 0 Å². The zero-order valence-corrected chi connectivity index (χ0v) is 14.6. The Kier molecular flexibility index (Phi) is 4.99. The molecular weight excluding hydrogens is 290 g/mol. The number of aromatic nitrogens is 3. The molecule has 0 unspecified atom stereocenters. The maximum absolute atomic E-state index is 12.8. The molecule has 2 aliphatic rings. The highest BCUT2D eigenvalue weighted by molar-refractivity contribution is 5.79. The topological polar surface area (TPSA) is 54.3 Å². The van der Waals surface area contributed by atoms with Crippen molar-refractivity contribution in [1.82, 2.24) is 24.6 Å². The standard InChI is InChI=1S/C17H29N5O/c1-13(2)22-8-4-5-15(11-22)17(23)21-9-6-14(7-10-21)16-19-18-12-20(16)3/h12-15H,4-11H2,1-3H3/t15-/m0/s1. The van der Waals surface area contributed by atoms with Gasteiger partial charge >= 0.3 is 0 Å². The Hall–Kier alpha value is -1.43. The highest BCUT2D eigenvalue weighted by Gasteiger charge is 2.33. The lowest BCUT2D eigenvalue weighted by Crippen LogP contribution is -2.48. The van der Waals surface area contributed by atoms with Crippen molar-refractivity contribution in [2.24, 2.45) is 13.0 Å². The van der Waals surface area contributed by atoms with Gasteiger partial charge in [-0.25, -0.2) is 0 Å². The average molecular weight is 319 g/mol. The monoisotopic (exact) mass is 319 g/mol. The molecule has 0 saturated carbocycles. The summed E-state index contributed by atoms with van der Waals surface area (Å²) in [6.07, 6.45) is 5.95. The van der Waals surface area contributed by atoms with Crippen LogP contribution in [0.25, 0.3) is 0 Å². The normalized spacial score (nSPS) is 24.3. The fourth-order valence-electron chi connectivity index (χ4n) is 3.96. The Morgan fingerprint density at radius 1 is 1.22 bits per heavy atom. The molecule has 0 bridgehead atoms.